The standard InChI is InChI=1S/C11H10Cl2N2OS/c1-2-3-15-5-14-9-8(11(15)17)6(12)4-7(13)10(9)16/h4-5,16H,2-3H2,1H3. The minimum Gasteiger partial charge on any atom is -0.504 e. The fourth-order valence-electron chi connectivity index (χ4n) is 1.65. The van der Waals surface area contributed by atoms with E-state index in [0.29, 0.717) is 20.6 Å². The second-order valence-electron chi connectivity index (χ2n) is 3.66. The van der Waals surface area contributed by atoms with Crippen molar-refractivity contribution in [2.45, 2.75) is 19.9 Å². The first-order valence-electron chi connectivity index (χ1n) is 5.12. The summed E-state index contributed by atoms with van der Waals surface area (Å²) in [5, 5.41) is 11.0. The van der Waals surface area contributed by atoms with Gasteiger partial charge in [-0.25, -0.2) is 4.98 Å². The van der Waals surface area contributed by atoms with Gasteiger partial charge in [0.25, 0.3) is 0 Å². The summed E-state index contributed by atoms with van der Waals surface area (Å²) in [7, 11) is 0. The van der Waals surface area contributed by atoms with Gasteiger partial charge in [0.1, 0.15) is 10.2 Å². The lowest BCUT2D eigenvalue weighted by Crippen LogP contribution is -2.01. The van der Waals surface area contributed by atoms with E-state index in [1.165, 1.54) is 6.07 Å². The van der Waals surface area contributed by atoms with E-state index in [0.717, 1.165) is 13.0 Å². The Kier molecular flexibility index (Phi) is 3.56. The molecule has 0 aliphatic carbocycles. The topological polar surface area (TPSA) is 38.0 Å². The zero-order valence-electron chi connectivity index (χ0n) is 9.07. The number of nitrogens with zero attached hydrogens (tertiary/aromatic N) is 2. The predicted octanol–water partition coefficient (Wildman–Crippen LogP) is 4.19. The summed E-state index contributed by atoms with van der Waals surface area (Å²) >= 11 is 17.3. The second kappa shape index (κ2) is 4.80. The average Bonchev–Trinajstić information content (AvgIpc) is 2.29. The maximum atomic E-state index is 9.82. The van der Waals surface area contributed by atoms with Crippen molar-refractivity contribution < 1.29 is 5.11 Å². The van der Waals surface area contributed by atoms with Crippen molar-refractivity contribution in [2.24, 2.45) is 0 Å². The number of phenols is 1. The van der Waals surface area contributed by atoms with Crippen molar-refractivity contribution in [3.63, 3.8) is 0 Å². The highest BCUT2D eigenvalue weighted by molar-refractivity contribution is 7.71. The first kappa shape index (κ1) is 12.6. The van der Waals surface area contributed by atoms with Gasteiger partial charge in [-0.05, 0) is 12.5 Å². The molecule has 0 spiro atoms. The number of hydrogen-bond acceptors (Lipinski definition) is 3. The molecule has 1 heterocycles. The summed E-state index contributed by atoms with van der Waals surface area (Å²) in [4.78, 5) is 4.16. The first-order chi connectivity index (χ1) is 8.06. The fourth-order valence-corrected chi connectivity index (χ4v) is 2.59. The van der Waals surface area contributed by atoms with Crippen LogP contribution in [-0.4, -0.2) is 14.7 Å². The number of aromatic nitrogens is 2. The monoisotopic (exact) mass is 288 g/mol. The Hall–Kier alpha value is -0.840. The van der Waals surface area contributed by atoms with E-state index in [-0.39, 0.29) is 10.8 Å². The van der Waals surface area contributed by atoms with Crippen LogP contribution in [0.15, 0.2) is 12.4 Å². The number of benzene rings is 1. The van der Waals surface area contributed by atoms with Gasteiger partial charge in [-0.1, -0.05) is 42.3 Å². The lowest BCUT2D eigenvalue weighted by atomic mass is 10.2. The van der Waals surface area contributed by atoms with E-state index in [1.54, 1.807) is 6.33 Å². The molecule has 0 unspecified atom stereocenters. The van der Waals surface area contributed by atoms with Gasteiger partial charge in [0.15, 0.2) is 5.75 Å². The Morgan fingerprint density at radius 2 is 2.12 bits per heavy atom. The summed E-state index contributed by atoms with van der Waals surface area (Å²) in [5.74, 6) is -0.0826. The zero-order valence-corrected chi connectivity index (χ0v) is 11.4. The molecule has 1 aromatic heterocycles. The van der Waals surface area contributed by atoms with Gasteiger partial charge in [-0.15, -0.1) is 0 Å². The van der Waals surface area contributed by atoms with Gasteiger partial charge in [0, 0.05) is 6.54 Å². The lowest BCUT2D eigenvalue weighted by Gasteiger charge is -2.09. The highest BCUT2D eigenvalue weighted by atomic mass is 35.5. The molecule has 0 aliphatic heterocycles. The number of fused-ring (bicyclic) bond motifs is 1. The van der Waals surface area contributed by atoms with Crippen LogP contribution in [-0.2, 0) is 6.54 Å². The fraction of sp³-hybridized carbons (Fsp3) is 0.273. The molecule has 1 N–H and O–H groups in total. The van der Waals surface area contributed by atoms with Crippen LogP contribution in [0.5, 0.6) is 5.75 Å². The summed E-state index contributed by atoms with van der Waals surface area (Å²) in [6.45, 7) is 2.81. The SMILES string of the molecule is CCCn1cnc2c(O)c(Cl)cc(Cl)c2c1=S. The van der Waals surface area contributed by atoms with Gasteiger partial charge >= 0.3 is 0 Å². The largest absolute Gasteiger partial charge is 0.504 e. The Morgan fingerprint density at radius 3 is 2.76 bits per heavy atom. The van der Waals surface area contributed by atoms with E-state index in [9.17, 15) is 5.11 Å². The van der Waals surface area contributed by atoms with E-state index >= 15 is 0 Å². The Bertz CT molecular complexity index is 639. The molecule has 1 aromatic carbocycles. The van der Waals surface area contributed by atoms with Crippen molar-refractivity contribution in [2.75, 3.05) is 0 Å². The molecular weight excluding hydrogens is 279 g/mol. The molecule has 0 fully saturated rings. The molecule has 0 atom stereocenters. The summed E-state index contributed by atoms with van der Waals surface area (Å²) in [6.07, 6.45) is 2.54. The predicted molar refractivity (Wildman–Crippen MR) is 72.5 cm³/mol. The van der Waals surface area contributed by atoms with E-state index in [2.05, 4.69) is 4.98 Å². The van der Waals surface area contributed by atoms with Crippen LogP contribution in [0.3, 0.4) is 0 Å². The molecule has 0 radical (unpaired) electrons. The minimum absolute atomic E-state index is 0.0826. The molecular formula is C11H10Cl2N2OS. The highest BCUT2D eigenvalue weighted by Gasteiger charge is 2.12. The van der Waals surface area contributed by atoms with E-state index in [4.69, 9.17) is 35.4 Å². The Labute approximate surface area is 114 Å². The third kappa shape index (κ3) is 2.12. The Balaban J connectivity index is 2.87. The average molecular weight is 289 g/mol. The van der Waals surface area contributed by atoms with Crippen LogP contribution in [0.4, 0.5) is 0 Å². The van der Waals surface area contributed by atoms with E-state index < -0.39 is 0 Å². The van der Waals surface area contributed by atoms with Gasteiger partial charge < -0.3 is 9.67 Å². The van der Waals surface area contributed by atoms with Crippen LogP contribution in [0.25, 0.3) is 10.9 Å². The van der Waals surface area contributed by atoms with Crippen molar-refractivity contribution in [3.05, 3.63) is 27.1 Å². The third-order valence-electron chi connectivity index (χ3n) is 2.45. The maximum Gasteiger partial charge on any atom is 0.160 e. The molecule has 17 heavy (non-hydrogen) atoms. The lowest BCUT2D eigenvalue weighted by molar-refractivity contribution is 0.480. The van der Waals surface area contributed by atoms with Crippen LogP contribution in [0.1, 0.15) is 13.3 Å². The summed E-state index contributed by atoms with van der Waals surface area (Å²) in [6, 6.07) is 1.48. The molecule has 0 saturated carbocycles. The second-order valence-corrected chi connectivity index (χ2v) is 4.86. The number of phenolic OH excluding ortho intramolecular Hbond substituents is 1. The molecule has 90 valence electrons. The van der Waals surface area contributed by atoms with Gasteiger partial charge in [0.05, 0.1) is 21.8 Å². The number of aromatic hydroxyl groups is 1. The van der Waals surface area contributed by atoms with Crippen molar-refractivity contribution in [3.8, 4) is 5.75 Å². The van der Waals surface area contributed by atoms with Crippen molar-refractivity contribution in [1.29, 1.82) is 0 Å². The maximum absolute atomic E-state index is 9.82. The number of rotatable bonds is 2. The smallest absolute Gasteiger partial charge is 0.160 e. The van der Waals surface area contributed by atoms with Crippen LogP contribution in [0, 0.1) is 4.64 Å². The molecule has 2 rings (SSSR count). The van der Waals surface area contributed by atoms with Gasteiger partial charge in [0.2, 0.25) is 0 Å². The van der Waals surface area contributed by atoms with Crippen LogP contribution < -0.4 is 0 Å². The highest BCUT2D eigenvalue weighted by Crippen LogP contribution is 2.36. The summed E-state index contributed by atoms with van der Waals surface area (Å²) in [5.41, 5.74) is 0.347. The molecule has 0 amide bonds. The minimum atomic E-state index is -0.0826. The van der Waals surface area contributed by atoms with Crippen LogP contribution >= 0.6 is 35.4 Å². The quantitative estimate of drug-likeness (QED) is 0.842. The molecule has 0 aliphatic rings. The summed E-state index contributed by atoms with van der Waals surface area (Å²) < 4.78 is 2.39. The first-order valence-corrected chi connectivity index (χ1v) is 6.28. The number of hydrogen-bond donors (Lipinski definition) is 1. The molecule has 2 aromatic rings. The molecule has 6 heteroatoms. The van der Waals surface area contributed by atoms with Gasteiger partial charge in [-0.2, -0.15) is 0 Å². The third-order valence-corrected chi connectivity index (χ3v) is 3.47. The molecule has 0 bridgehead atoms. The van der Waals surface area contributed by atoms with Crippen LogP contribution in [0.2, 0.25) is 10.0 Å². The normalized spacial score (nSPS) is 11.0. The van der Waals surface area contributed by atoms with Gasteiger partial charge in [-0.3, -0.25) is 0 Å². The van der Waals surface area contributed by atoms with Crippen molar-refractivity contribution in [1.82, 2.24) is 9.55 Å². The zero-order chi connectivity index (χ0) is 12.6. The molecule has 0 saturated heterocycles. The van der Waals surface area contributed by atoms with E-state index in [1.807, 2.05) is 11.5 Å². The van der Waals surface area contributed by atoms with Crippen molar-refractivity contribution >= 4 is 46.3 Å². The number of aryl methyl sites for hydroxylation is 1. The number of halogens is 2. The molecule has 3 nitrogen and oxygen atoms in total. The Morgan fingerprint density at radius 1 is 1.41 bits per heavy atom.